The van der Waals surface area contributed by atoms with Gasteiger partial charge in [0.1, 0.15) is 0 Å². The second kappa shape index (κ2) is 14.5. The summed E-state index contributed by atoms with van der Waals surface area (Å²) in [4.78, 5) is 31.1. The number of carbonyl (C=O) groups excluding carboxylic acids is 1. The molecule has 0 spiro atoms. The minimum atomic E-state index is -0.780. The fraction of sp³-hybridized carbons (Fsp3) is 0.375. The summed E-state index contributed by atoms with van der Waals surface area (Å²) in [5.74, 6) is -0.221. The van der Waals surface area contributed by atoms with Crippen LogP contribution in [0.1, 0.15) is 58.4 Å². The van der Waals surface area contributed by atoms with Gasteiger partial charge in [-0.3, -0.25) is 20.2 Å². The number of esters is 1. The normalized spacial score (nSPS) is 11.7. The average molecular weight is 443 g/mol. The van der Waals surface area contributed by atoms with E-state index in [1.807, 2.05) is 50.3 Å². The molecule has 0 amide bonds. The minimum Gasteiger partial charge on any atom is -0.459 e. The number of unbranched alkanes of at least 4 members (excludes halogenated alkanes) is 3. The van der Waals surface area contributed by atoms with Crippen LogP contribution < -0.4 is 0 Å². The van der Waals surface area contributed by atoms with E-state index in [0.717, 1.165) is 30.5 Å². The lowest BCUT2D eigenvalue weighted by molar-refractivity contribution is -0.422. The third-order valence-corrected chi connectivity index (χ3v) is 4.64. The number of nitro groups is 2. The van der Waals surface area contributed by atoms with Crippen LogP contribution >= 0.6 is 0 Å². The van der Waals surface area contributed by atoms with Gasteiger partial charge in [0.2, 0.25) is 0 Å². The molecule has 0 heterocycles. The second-order valence-electron chi connectivity index (χ2n) is 7.14. The van der Waals surface area contributed by atoms with Crippen molar-refractivity contribution in [2.45, 2.75) is 59.0 Å². The fourth-order valence-corrected chi connectivity index (χ4v) is 2.96. The first-order valence-electron chi connectivity index (χ1n) is 10.6. The van der Waals surface area contributed by atoms with Crippen molar-refractivity contribution in [1.29, 1.82) is 0 Å². The van der Waals surface area contributed by atoms with Crippen molar-refractivity contribution < 1.29 is 19.4 Å². The molecule has 0 aliphatic rings. The smallest absolute Gasteiger partial charge is 0.346 e. The van der Waals surface area contributed by atoms with E-state index in [1.165, 1.54) is 31.4 Å². The van der Waals surface area contributed by atoms with Crippen LogP contribution in [0.4, 0.5) is 11.4 Å². The molecule has 2 aromatic rings. The summed E-state index contributed by atoms with van der Waals surface area (Å²) in [6.07, 6.45) is 7.57. The third-order valence-electron chi connectivity index (χ3n) is 4.64. The van der Waals surface area contributed by atoms with Crippen molar-refractivity contribution in [3.8, 4) is 0 Å². The molecule has 2 aromatic carbocycles. The Kier molecular flexibility index (Phi) is 12.0. The standard InChI is InChI=1S/C18H26O2.C6H4N2O4/c1-4-6-7-9-12-15(3)20-18(19)17(5-2)16-13-10-8-11-14-16;9-7(10)5-3-1-2-4-6(5)8(11)12/h5,8,10-11,13-15H,4,6-7,9,12H2,1-3H3;1-4H/b17-5+;. The van der Waals surface area contributed by atoms with Crippen LogP contribution in [-0.4, -0.2) is 21.9 Å². The van der Waals surface area contributed by atoms with Gasteiger partial charge in [0.15, 0.2) is 0 Å². The number of nitrogens with zero attached hydrogens (tertiary/aromatic N) is 2. The summed E-state index contributed by atoms with van der Waals surface area (Å²) in [5, 5.41) is 20.5. The van der Waals surface area contributed by atoms with Crippen molar-refractivity contribution in [2.75, 3.05) is 0 Å². The lowest BCUT2D eigenvalue weighted by Gasteiger charge is -2.14. The molecule has 32 heavy (non-hydrogen) atoms. The molecule has 1 atom stereocenters. The third kappa shape index (κ3) is 9.07. The molecule has 0 saturated heterocycles. The van der Waals surface area contributed by atoms with Crippen molar-refractivity contribution >= 4 is 22.9 Å². The van der Waals surface area contributed by atoms with Crippen LogP contribution in [-0.2, 0) is 9.53 Å². The number of nitro benzene ring substituents is 2. The lowest BCUT2D eigenvalue weighted by Crippen LogP contribution is -2.16. The maximum absolute atomic E-state index is 12.2. The average Bonchev–Trinajstić information content (AvgIpc) is 2.78. The van der Waals surface area contributed by atoms with Gasteiger partial charge < -0.3 is 4.74 Å². The van der Waals surface area contributed by atoms with Gasteiger partial charge in [-0.2, -0.15) is 0 Å². The van der Waals surface area contributed by atoms with Gasteiger partial charge in [0, 0.05) is 12.1 Å². The maximum atomic E-state index is 12.2. The fourth-order valence-electron chi connectivity index (χ4n) is 2.96. The zero-order valence-corrected chi connectivity index (χ0v) is 18.7. The topological polar surface area (TPSA) is 113 Å². The van der Waals surface area contributed by atoms with E-state index in [9.17, 15) is 25.0 Å². The van der Waals surface area contributed by atoms with E-state index in [2.05, 4.69) is 6.92 Å². The lowest BCUT2D eigenvalue weighted by atomic mass is 10.1. The van der Waals surface area contributed by atoms with Crippen LogP contribution in [0.2, 0.25) is 0 Å². The number of rotatable bonds is 10. The van der Waals surface area contributed by atoms with Gasteiger partial charge in [0.05, 0.1) is 21.5 Å². The van der Waals surface area contributed by atoms with Gasteiger partial charge >= 0.3 is 17.3 Å². The monoisotopic (exact) mass is 442 g/mol. The SMILES string of the molecule is C/C=C(/C(=O)OC(C)CCCCCC)c1ccccc1.O=[N+]([O-])c1ccccc1[N+](=O)[O-]. The highest BCUT2D eigenvalue weighted by Crippen LogP contribution is 2.24. The van der Waals surface area contributed by atoms with Crippen molar-refractivity contribution in [1.82, 2.24) is 0 Å². The van der Waals surface area contributed by atoms with Crippen LogP contribution in [0.15, 0.2) is 60.7 Å². The summed E-state index contributed by atoms with van der Waals surface area (Å²) < 4.78 is 5.53. The zero-order chi connectivity index (χ0) is 23.9. The van der Waals surface area contributed by atoms with E-state index < -0.39 is 21.2 Å². The summed E-state index contributed by atoms with van der Waals surface area (Å²) in [5.41, 5.74) is 0.592. The summed E-state index contributed by atoms with van der Waals surface area (Å²) in [7, 11) is 0. The Morgan fingerprint density at radius 3 is 1.94 bits per heavy atom. The molecule has 1 unspecified atom stereocenters. The number of benzene rings is 2. The molecule has 0 aliphatic heterocycles. The van der Waals surface area contributed by atoms with Gasteiger partial charge in [-0.1, -0.05) is 74.7 Å². The molecular formula is C24H30N2O6. The molecular weight excluding hydrogens is 412 g/mol. The zero-order valence-electron chi connectivity index (χ0n) is 18.7. The Morgan fingerprint density at radius 2 is 1.47 bits per heavy atom. The Hall–Kier alpha value is -3.55. The molecule has 0 aromatic heterocycles. The van der Waals surface area contributed by atoms with E-state index in [0.29, 0.717) is 5.57 Å². The molecule has 0 bridgehead atoms. The summed E-state index contributed by atoms with van der Waals surface area (Å²) in [6.45, 7) is 6.04. The van der Waals surface area contributed by atoms with Crippen LogP contribution in [0.3, 0.4) is 0 Å². The number of allylic oxidation sites excluding steroid dienone is 1. The Labute approximate surface area is 188 Å². The van der Waals surface area contributed by atoms with Gasteiger partial charge in [-0.25, -0.2) is 4.79 Å². The van der Waals surface area contributed by atoms with Crippen LogP contribution in [0.25, 0.3) is 5.57 Å². The molecule has 0 radical (unpaired) electrons. The van der Waals surface area contributed by atoms with Crippen molar-refractivity contribution in [3.05, 3.63) is 86.5 Å². The van der Waals surface area contributed by atoms with Crippen molar-refractivity contribution in [3.63, 3.8) is 0 Å². The van der Waals surface area contributed by atoms with E-state index in [-0.39, 0.29) is 12.1 Å². The minimum absolute atomic E-state index is 0.0157. The highest BCUT2D eigenvalue weighted by Gasteiger charge is 2.21. The highest BCUT2D eigenvalue weighted by atomic mass is 16.6. The number of hydrogen-bond donors (Lipinski definition) is 0. The van der Waals surface area contributed by atoms with E-state index in [4.69, 9.17) is 4.74 Å². The molecule has 0 N–H and O–H groups in total. The Balaban J connectivity index is 0.000000363. The maximum Gasteiger partial charge on any atom is 0.346 e. The number of ether oxygens (including phenoxy) is 1. The molecule has 0 saturated carbocycles. The predicted octanol–water partition coefficient (Wildman–Crippen LogP) is 6.50. The van der Waals surface area contributed by atoms with E-state index >= 15 is 0 Å². The molecule has 172 valence electrons. The quantitative estimate of drug-likeness (QED) is 0.136. The Bertz CT molecular complexity index is 879. The molecule has 0 fully saturated rings. The van der Waals surface area contributed by atoms with E-state index in [1.54, 1.807) is 0 Å². The van der Waals surface area contributed by atoms with Gasteiger partial charge in [-0.05, 0) is 32.3 Å². The molecule has 2 rings (SSSR count). The Morgan fingerprint density at radius 1 is 0.938 bits per heavy atom. The van der Waals surface area contributed by atoms with Crippen LogP contribution in [0, 0.1) is 20.2 Å². The van der Waals surface area contributed by atoms with Gasteiger partial charge in [0.25, 0.3) is 0 Å². The second-order valence-corrected chi connectivity index (χ2v) is 7.14. The first-order chi connectivity index (χ1) is 15.3. The molecule has 8 heteroatoms. The van der Waals surface area contributed by atoms with Gasteiger partial charge in [-0.15, -0.1) is 0 Å². The summed E-state index contributed by atoms with van der Waals surface area (Å²) in [6, 6.07) is 14.6. The number of carbonyl (C=O) groups is 1. The highest BCUT2D eigenvalue weighted by molar-refractivity contribution is 6.16. The molecule has 0 aliphatic carbocycles. The largest absolute Gasteiger partial charge is 0.459 e. The van der Waals surface area contributed by atoms with Crippen LogP contribution in [0.5, 0.6) is 0 Å². The first kappa shape index (κ1) is 26.5. The number of para-hydroxylation sites is 2. The predicted molar refractivity (Wildman–Crippen MR) is 124 cm³/mol. The summed E-state index contributed by atoms with van der Waals surface area (Å²) >= 11 is 0. The number of hydrogen-bond acceptors (Lipinski definition) is 6. The van der Waals surface area contributed by atoms with Crippen molar-refractivity contribution in [2.24, 2.45) is 0 Å². The molecule has 8 nitrogen and oxygen atoms in total. The first-order valence-corrected chi connectivity index (χ1v) is 10.6.